The lowest BCUT2D eigenvalue weighted by molar-refractivity contribution is 0.425. The van der Waals surface area contributed by atoms with E-state index in [2.05, 4.69) is 19.2 Å². The molecule has 1 fully saturated rings. The average molecular weight is 349 g/mol. The van der Waals surface area contributed by atoms with Gasteiger partial charge in [-0.3, -0.25) is 0 Å². The highest BCUT2D eigenvalue weighted by Gasteiger charge is 2.29. The maximum atomic E-state index is 12.6. The van der Waals surface area contributed by atoms with Crippen LogP contribution < -0.4 is 5.32 Å². The van der Waals surface area contributed by atoms with Crippen molar-refractivity contribution in [3.63, 3.8) is 0 Å². The van der Waals surface area contributed by atoms with E-state index in [0.717, 1.165) is 36.6 Å². The van der Waals surface area contributed by atoms with Crippen molar-refractivity contribution < 1.29 is 8.42 Å². The zero-order chi connectivity index (χ0) is 15.3. The van der Waals surface area contributed by atoms with Crippen LogP contribution in [-0.2, 0) is 16.4 Å². The van der Waals surface area contributed by atoms with E-state index < -0.39 is 10.0 Å². The number of rotatable bonds is 7. The number of nitrogens with zero attached hydrogens (tertiary/aromatic N) is 1. The van der Waals surface area contributed by atoms with E-state index in [9.17, 15) is 8.42 Å². The molecule has 21 heavy (non-hydrogen) atoms. The van der Waals surface area contributed by atoms with Gasteiger partial charge in [0.1, 0.15) is 4.21 Å². The first-order valence-corrected chi connectivity index (χ1v) is 10.8. The normalized spacial score (nSPS) is 20.8. The maximum absolute atomic E-state index is 12.6. The molecule has 2 rings (SSSR count). The summed E-state index contributed by atoms with van der Waals surface area (Å²) in [5, 5.41) is 3.73. The molecule has 120 valence electrons. The van der Waals surface area contributed by atoms with Crippen LogP contribution in [0.25, 0.3) is 0 Å². The summed E-state index contributed by atoms with van der Waals surface area (Å²) in [6.07, 6.45) is 2.02. The van der Waals surface area contributed by atoms with Gasteiger partial charge in [0.15, 0.2) is 0 Å². The summed E-state index contributed by atoms with van der Waals surface area (Å²) in [7, 11) is -3.29. The highest BCUT2D eigenvalue weighted by molar-refractivity contribution is 8.00. The number of thiophene rings is 1. The molecule has 1 saturated heterocycles. The van der Waals surface area contributed by atoms with E-state index in [0.29, 0.717) is 22.5 Å². The molecule has 1 aliphatic rings. The van der Waals surface area contributed by atoms with Crippen molar-refractivity contribution >= 4 is 33.1 Å². The molecule has 0 amide bonds. The van der Waals surface area contributed by atoms with E-state index in [1.165, 1.54) is 11.3 Å². The van der Waals surface area contributed by atoms with Gasteiger partial charge in [-0.2, -0.15) is 16.1 Å². The van der Waals surface area contributed by atoms with Crippen LogP contribution in [-0.4, -0.2) is 49.9 Å². The first-order chi connectivity index (χ1) is 10.0. The van der Waals surface area contributed by atoms with Crippen LogP contribution in [0, 0.1) is 0 Å². The van der Waals surface area contributed by atoms with Crippen LogP contribution in [0.5, 0.6) is 0 Å². The first kappa shape index (κ1) is 17.3. The van der Waals surface area contributed by atoms with Crippen LogP contribution in [0.1, 0.15) is 25.1 Å². The minimum atomic E-state index is -3.29. The molecule has 0 bridgehead atoms. The predicted octanol–water partition coefficient (Wildman–Crippen LogP) is 2.42. The van der Waals surface area contributed by atoms with Gasteiger partial charge in [0, 0.05) is 29.0 Å². The standard InChI is InChI=1S/C14H24N2O2S3/c1-3-7-15-8-6-13-4-5-14(20-13)21(17,18)16-9-10-19-12(2)11-16/h4-5,12,15H,3,6-11H2,1-2H3. The summed E-state index contributed by atoms with van der Waals surface area (Å²) in [6.45, 7) is 7.40. The van der Waals surface area contributed by atoms with E-state index >= 15 is 0 Å². The van der Waals surface area contributed by atoms with Gasteiger partial charge in [0.05, 0.1) is 0 Å². The fourth-order valence-corrected chi connectivity index (χ4v) is 6.54. The summed E-state index contributed by atoms with van der Waals surface area (Å²) in [5.41, 5.74) is 0. The summed E-state index contributed by atoms with van der Waals surface area (Å²) in [4.78, 5) is 1.14. The molecule has 4 nitrogen and oxygen atoms in total. The van der Waals surface area contributed by atoms with Gasteiger partial charge in [0.2, 0.25) is 0 Å². The second kappa shape index (κ2) is 7.97. The number of hydrogen-bond acceptors (Lipinski definition) is 5. The fourth-order valence-electron chi connectivity index (χ4n) is 2.28. The third kappa shape index (κ3) is 4.69. The smallest absolute Gasteiger partial charge is 0.252 e. The highest BCUT2D eigenvalue weighted by Crippen LogP contribution is 2.28. The molecule has 1 unspecified atom stereocenters. The van der Waals surface area contributed by atoms with Gasteiger partial charge in [-0.05, 0) is 38.1 Å². The summed E-state index contributed by atoms with van der Waals surface area (Å²) in [6, 6.07) is 3.72. The van der Waals surface area contributed by atoms with Crippen LogP contribution in [0.3, 0.4) is 0 Å². The molecule has 0 radical (unpaired) electrons. The zero-order valence-corrected chi connectivity index (χ0v) is 15.1. The molecule has 0 spiro atoms. The first-order valence-electron chi connectivity index (χ1n) is 7.45. The van der Waals surface area contributed by atoms with Crippen molar-refractivity contribution in [1.82, 2.24) is 9.62 Å². The van der Waals surface area contributed by atoms with Crippen molar-refractivity contribution in [2.24, 2.45) is 0 Å². The molecular formula is C14H24N2O2S3. The van der Waals surface area contributed by atoms with Crippen molar-refractivity contribution in [1.29, 1.82) is 0 Å². The molecule has 2 heterocycles. The zero-order valence-electron chi connectivity index (χ0n) is 12.7. The molecule has 1 aliphatic heterocycles. The highest BCUT2D eigenvalue weighted by atomic mass is 32.2. The second-order valence-electron chi connectivity index (χ2n) is 5.27. The average Bonchev–Trinajstić information content (AvgIpc) is 2.93. The molecule has 1 N–H and O–H groups in total. The van der Waals surface area contributed by atoms with Gasteiger partial charge >= 0.3 is 0 Å². The quantitative estimate of drug-likeness (QED) is 0.769. The summed E-state index contributed by atoms with van der Waals surface area (Å²) < 4.78 is 27.4. The van der Waals surface area contributed by atoms with Crippen molar-refractivity contribution in [2.45, 2.75) is 36.1 Å². The second-order valence-corrected chi connectivity index (χ2v) is 10.1. The Morgan fingerprint density at radius 2 is 2.19 bits per heavy atom. The number of sulfonamides is 1. The van der Waals surface area contributed by atoms with Crippen molar-refractivity contribution in [2.75, 3.05) is 31.9 Å². The van der Waals surface area contributed by atoms with Gasteiger partial charge < -0.3 is 5.32 Å². The molecular weight excluding hydrogens is 324 g/mol. The number of hydrogen-bond donors (Lipinski definition) is 1. The lowest BCUT2D eigenvalue weighted by Crippen LogP contribution is -2.40. The van der Waals surface area contributed by atoms with E-state index in [4.69, 9.17) is 0 Å². The number of nitrogens with one attached hydrogen (secondary N) is 1. The van der Waals surface area contributed by atoms with Crippen LogP contribution in [0.15, 0.2) is 16.3 Å². The topological polar surface area (TPSA) is 49.4 Å². The molecule has 0 aromatic carbocycles. The molecule has 1 aromatic rings. The Labute approximate surface area is 136 Å². The Morgan fingerprint density at radius 1 is 1.38 bits per heavy atom. The maximum Gasteiger partial charge on any atom is 0.252 e. The summed E-state index contributed by atoms with van der Waals surface area (Å²) in [5.74, 6) is 0.888. The lowest BCUT2D eigenvalue weighted by Gasteiger charge is -2.29. The fraction of sp³-hybridized carbons (Fsp3) is 0.714. The Balaban J connectivity index is 1.98. The van der Waals surface area contributed by atoms with E-state index in [1.54, 1.807) is 10.4 Å². The Kier molecular flexibility index (Phi) is 6.55. The van der Waals surface area contributed by atoms with Crippen LogP contribution in [0.2, 0.25) is 0 Å². The molecule has 0 saturated carbocycles. The van der Waals surface area contributed by atoms with Crippen molar-refractivity contribution in [3.05, 3.63) is 17.0 Å². The largest absolute Gasteiger partial charge is 0.316 e. The number of thioether (sulfide) groups is 1. The van der Waals surface area contributed by atoms with Gasteiger partial charge in [0.25, 0.3) is 10.0 Å². The Hall–Kier alpha value is -0.0800. The van der Waals surface area contributed by atoms with E-state index in [1.807, 2.05) is 17.8 Å². The Morgan fingerprint density at radius 3 is 2.90 bits per heavy atom. The van der Waals surface area contributed by atoms with Crippen LogP contribution >= 0.6 is 23.1 Å². The monoisotopic (exact) mass is 348 g/mol. The minimum absolute atomic E-state index is 0.381. The third-order valence-electron chi connectivity index (χ3n) is 3.41. The third-order valence-corrected chi connectivity index (χ3v) is 8.02. The van der Waals surface area contributed by atoms with Gasteiger partial charge in [-0.1, -0.05) is 13.8 Å². The SMILES string of the molecule is CCCNCCc1ccc(S(=O)(=O)N2CCSC(C)C2)s1. The van der Waals surface area contributed by atoms with Crippen molar-refractivity contribution in [3.8, 4) is 0 Å². The Bertz CT molecular complexity index is 542. The van der Waals surface area contributed by atoms with E-state index in [-0.39, 0.29) is 0 Å². The summed E-state index contributed by atoms with van der Waals surface area (Å²) >= 11 is 3.26. The molecule has 7 heteroatoms. The van der Waals surface area contributed by atoms with Gasteiger partial charge in [-0.15, -0.1) is 11.3 Å². The molecule has 1 atom stereocenters. The predicted molar refractivity (Wildman–Crippen MR) is 91.9 cm³/mol. The van der Waals surface area contributed by atoms with Gasteiger partial charge in [-0.25, -0.2) is 8.42 Å². The van der Waals surface area contributed by atoms with Crippen LogP contribution in [0.4, 0.5) is 0 Å². The lowest BCUT2D eigenvalue weighted by atomic mass is 10.3. The molecule has 0 aliphatic carbocycles. The molecule has 1 aromatic heterocycles. The minimum Gasteiger partial charge on any atom is -0.316 e.